The number of nitrogens with one attached hydrogen (secondary N) is 1. The quantitative estimate of drug-likeness (QED) is 0.656. The van der Waals surface area contributed by atoms with Gasteiger partial charge in [-0.3, -0.25) is 4.79 Å². The summed E-state index contributed by atoms with van der Waals surface area (Å²) in [6.07, 6.45) is 3.59. The van der Waals surface area contributed by atoms with Crippen LogP contribution in [0.25, 0.3) is 0 Å². The van der Waals surface area contributed by atoms with E-state index in [2.05, 4.69) is 5.32 Å². The van der Waals surface area contributed by atoms with Crippen LogP contribution in [0, 0.1) is 6.92 Å². The molecule has 2 nitrogen and oxygen atoms in total. The summed E-state index contributed by atoms with van der Waals surface area (Å²) >= 11 is 12.8. The molecule has 15 heavy (non-hydrogen) atoms. The number of hydrogen-bond donors (Lipinski definition) is 1. The smallest absolute Gasteiger partial charge is 0.263 e. The molecule has 5 heteroatoms. The van der Waals surface area contributed by atoms with Gasteiger partial charge in [0.2, 0.25) is 0 Å². The highest BCUT2D eigenvalue weighted by atomic mass is 35.5. The molecule has 1 amide bonds. The molecule has 0 aromatic carbocycles. The maximum Gasteiger partial charge on any atom is 0.263 e. The minimum Gasteiger partial charge on any atom is -0.348 e. The average Bonchev–Trinajstić information content (AvgIpc) is 2.55. The maximum atomic E-state index is 11.6. The van der Waals surface area contributed by atoms with Crippen LogP contribution in [0.15, 0.2) is 17.5 Å². The van der Waals surface area contributed by atoms with Gasteiger partial charge in [0, 0.05) is 12.4 Å². The predicted molar refractivity (Wildman–Crippen MR) is 66.3 cm³/mol. The summed E-state index contributed by atoms with van der Waals surface area (Å²) in [7, 11) is 0. The molecule has 0 spiro atoms. The first-order chi connectivity index (χ1) is 7.16. The Hall–Kier alpha value is -0.510. The van der Waals surface area contributed by atoms with E-state index in [-0.39, 0.29) is 5.91 Å². The summed E-state index contributed by atoms with van der Waals surface area (Å²) in [5.74, 6) is 0.312. The molecule has 1 N–H and O–H groups in total. The molecule has 1 aromatic rings. The summed E-state index contributed by atoms with van der Waals surface area (Å²) in [6, 6.07) is 0. The summed E-state index contributed by atoms with van der Waals surface area (Å²) in [4.78, 5) is 12.2. The van der Waals surface area contributed by atoms with Crippen LogP contribution < -0.4 is 5.32 Å². The molecule has 0 fully saturated rings. The molecule has 0 bridgehead atoms. The van der Waals surface area contributed by atoms with Gasteiger partial charge >= 0.3 is 0 Å². The van der Waals surface area contributed by atoms with Crippen LogP contribution in [0.2, 0.25) is 5.02 Å². The van der Waals surface area contributed by atoms with Crippen molar-refractivity contribution in [2.45, 2.75) is 6.92 Å². The molecule has 0 unspecified atom stereocenters. The van der Waals surface area contributed by atoms with E-state index in [1.165, 1.54) is 11.3 Å². The largest absolute Gasteiger partial charge is 0.348 e. The molecule has 1 heterocycles. The summed E-state index contributed by atoms with van der Waals surface area (Å²) in [5.41, 5.74) is 0.933. The number of aryl methyl sites for hydroxylation is 1. The van der Waals surface area contributed by atoms with Gasteiger partial charge in [0.25, 0.3) is 5.91 Å². The van der Waals surface area contributed by atoms with E-state index < -0.39 is 0 Å². The number of carbonyl (C=O) groups is 1. The molecule has 0 aliphatic carbocycles. The van der Waals surface area contributed by atoms with Gasteiger partial charge < -0.3 is 5.32 Å². The molecule has 0 aliphatic heterocycles. The molecule has 0 saturated heterocycles. The second-order valence-corrected chi connectivity index (χ2v) is 4.46. The Morgan fingerprint density at radius 1 is 1.60 bits per heavy atom. The van der Waals surface area contributed by atoms with Crippen LogP contribution in [-0.2, 0) is 0 Å². The van der Waals surface area contributed by atoms with E-state index in [4.69, 9.17) is 23.2 Å². The fourth-order valence-electron chi connectivity index (χ4n) is 0.961. The third-order valence-electron chi connectivity index (χ3n) is 1.74. The van der Waals surface area contributed by atoms with E-state index in [0.717, 1.165) is 5.56 Å². The Bertz CT molecular complexity index is 373. The zero-order valence-electron chi connectivity index (χ0n) is 8.22. The van der Waals surface area contributed by atoms with Crippen LogP contribution in [0.3, 0.4) is 0 Å². The Balaban J connectivity index is 2.54. The first kappa shape index (κ1) is 12.6. The molecular weight excluding hydrogens is 253 g/mol. The first-order valence-corrected chi connectivity index (χ1v) is 6.18. The maximum absolute atomic E-state index is 11.6. The van der Waals surface area contributed by atoms with E-state index in [1.54, 1.807) is 12.2 Å². The van der Waals surface area contributed by atoms with Gasteiger partial charge in [0.05, 0.1) is 5.02 Å². The van der Waals surface area contributed by atoms with Gasteiger partial charge in [-0.15, -0.1) is 22.9 Å². The van der Waals surface area contributed by atoms with Crippen molar-refractivity contribution in [1.82, 2.24) is 5.32 Å². The lowest BCUT2D eigenvalue weighted by Crippen LogP contribution is -2.22. The number of hydrogen-bond acceptors (Lipinski definition) is 2. The van der Waals surface area contributed by atoms with Gasteiger partial charge in [-0.25, -0.2) is 0 Å². The third kappa shape index (κ3) is 3.52. The normalized spacial score (nSPS) is 10.9. The van der Waals surface area contributed by atoms with Crippen molar-refractivity contribution in [3.05, 3.63) is 33.0 Å². The second kappa shape index (κ2) is 6.16. The minimum absolute atomic E-state index is 0.141. The Labute approximate surface area is 103 Å². The fourth-order valence-corrected chi connectivity index (χ4v) is 2.28. The van der Waals surface area contributed by atoms with E-state index in [0.29, 0.717) is 22.3 Å². The SMILES string of the molecule is Cc1csc(C(=O)NC/C=C/CCl)c1Cl. The van der Waals surface area contributed by atoms with Crippen LogP contribution in [0.5, 0.6) is 0 Å². The number of amides is 1. The molecule has 1 rings (SSSR count). The Morgan fingerprint density at radius 3 is 2.87 bits per heavy atom. The van der Waals surface area contributed by atoms with E-state index in [1.807, 2.05) is 12.3 Å². The monoisotopic (exact) mass is 263 g/mol. The van der Waals surface area contributed by atoms with Gasteiger partial charge in [0.15, 0.2) is 0 Å². The van der Waals surface area contributed by atoms with Gasteiger partial charge in [-0.05, 0) is 17.9 Å². The number of carbonyl (C=O) groups excluding carboxylic acids is 1. The van der Waals surface area contributed by atoms with Gasteiger partial charge in [0.1, 0.15) is 4.88 Å². The second-order valence-electron chi connectivity index (χ2n) is 2.90. The third-order valence-corrected chi connectivity index (χ3v) is 3.62. The first-order valence-electron chi connectivity index (χ1n) is 4.39. The lowest BCUT2D eigenvalue weighted by Gasteiger charge is -1.99. The Morgan fingerprint density at radius 2 is 2.33 bits per heavy atom. The number of halogens is 2. The highest BCUT2D eigenvalue weighted by molar-refractivity contribution is 7.13. The zero-order chi connectivity index (χ0) is 11.3. The molecule has 1 aromatic heterocycles. The molecule has 0 saturated carbocycles. The van der Waals surface area contributed by atoms with Crippen LogP contribution >= 0.6 is 34.5 Å². The number of allylic oxidation sites excluding steroid dienone is 1. The fraction of sp³-hybridized carbons (Fsp3) is 0.300. The molecule has 0 radical (unpaired) electrons. The standard InChI is InChI=1S/C10H11Cl2NOS/c1-7-6-15-9(8(7)12)10(14)13-5-3-2-4-11/h2-3,6H,4-5H2,1H3,(H,13,14)/b3-2+. The van der Waals surface area contributed by atoms with E-state index in [9.17, 15) is 4.79 Å². The van der Waals surface area contributed by atoms with Crippen molar-refractivity contribution in [3.63, 3.8) is 0 Å². The number of alkyl halides is 1. The van der Waals surface area contributed by atoms with Crippen molar-refractivity contribution in [3.8, 4) is 0 Å². The molecule has 0 atom stereocenters. The van der Waals surface area contributed by atoms with Crippen LogP contribution in [-0.4, -0.2) is 18.3 Å². The van der Waals surface area contributed by atoms with Crippen molar-refractivity contribution < 1.29 is 4.79 Å². The Kier molecular flexibility index (Phi) is 5.15. The van der Waals surface area contributed by atoms with Crippen molar-refractivity contribution in [1.29, 1.82) is 0 Å². The van der Waals surface area contributed by atoms with Crippen LogP contribution in [0.4, 0.5) is 0 Å². The lowest BCUT2D eigenvalue weighted by atomic mass is 10.3. The lowest BCUT2D eigenvalue weighted by molar-refractivity contribution is 0.0962. The number of rotatable bonds is 4. The zero-order valence-corrected chi connectivity index (χ0v) is 10.5. The van der Waals surface area contributed by atoms with Crippen molar-refractivity contribution >= 4 is 40.4 Å². The topological polar surface area (TPSA) is 29.1 Å². The average molecular weight is 264 g/mol. The highest BCUT2D eigenvalue weighted by Crippen LogP contribution is 2.26. The molecular formula is C10H11Cl2NOS. The summed E-state index contributed by atoms with van der Waals surface area (Å²) in [5, 5.41) is 5.14. The molecule has 0 aliphatic rings. The molecule has 82 valence electrons. The summed E-state index contributed by atoms with van der Waals surface area (Å²) < 4.78 is 0. The van der Waals surface area contributed by atoms with Crippen molar-refractivity contribution in [2.75, 3.05) is 12.4 Å². The van der Waals surface area contributed by atoms with Crippen molar-refractivity contribution in [2.24, 2.45) is 0 Å². The summed E-state index contributed by atoms with van der Waals surface area (Å²) in [6.45, 7) is 2.35. The predicted octanol–water partition coefficient (Wildman–Crippen LogP) is 3.23. The van der Waals surface area contributed by atoms with Crippen LogP contribution in [0.1, 0.15) is 15.2 Å². The van der Waals surface area contributed by atoms with Gasteiger partial charge in [-0.2, -0.15) is 0 Å². The van der Waals surface area contributed by atoms with Gasteiger partial charge in [-0.1, -0.05) is 23.8 Å². The van der Waals surface area contributed by atoms with E-state index >= 15 is 0 Å². The highest BCUT2D eigenvalue weighted by Gasteiger charge is 2.13. The minimum atomic E-state index is -0.141. The number of thiophene rings is 1.